The molecule has 0 aliphatic carbocycles. The maximum Gasteiger partial charge on any atom is 0.268 e. The predicted molar refractivity (Wildman–Crippen MR) is 68.9 cm³/mol. The number of hydrogen-bond donors (Lipinski definition) is 1. The fraction of sp³-hybridized carbons (Fsp3) is 0.231. The first kappa shape index (κ1) is 12.8. The van der Waals surface area contributed by atoms with E-state index in [0.717, 1.165) is 5.56 Å². The molecule has 0 aliphatic heterocycles. The van der Waals surface area contributed by atoms with Gasteiger partial charge in [0.1, 0.15) is 11.8 Å². The van der Waals surface area contributed by atoms with Crippen molar-refractivity contribution in [2.24, 2.45) is 0 Å². The average molecular weight is 256 g/mol. The van der Waals surface area contributed by atoms with Gasteiger partial charge in [-0.3, -0.25) is 14.7 Å². The first-order valence-corrected chi connectivity index (χ1v) is 5.68. The molecule has 0 bridgehead atoms. The van der Waals surface area contributed by atoms with E-state index < -0.39 is 0 Å². The third-order valence-electron chi connectivity index (χ3n) is 2.99. The highest BCUT2D eigenvalue weighted by Crippen LogP contribution is 2.02. The zero-order chi connectivity index (χ0) is 14.0. The summed E-state index contributed by atoms with van der Waals surface area (Å²) in [5, 5.41) is 11.3. The van der Waals surface area contributed by atoms with Crippen LogP contribution in [-0.2, 0) is 6.54 Å². The average Bonchev–Trinajstić information content (AvgIpc) is 2.42. The van der Waals surface area contributed by atoms with E-state index in [1.165, 1.54) is 10.9 Å². The van der Waals surface area contributed by atoms with E-state index in [0.29, 0.717) is 11.1 Å². The molecule has 0 saturated heterocycles. The molecular weight excluding hydrogens is 244 g/mol. The van der Waals surface area contributed by atoms with Crippen molar-refractivity contribution in [1.82, 2.24) is 14.8 Å². The first-order valence-electron chi connectivity index (χ1n) is 5.68. The molecule has 0 spiro atoms. The van der Waals surface area contributed by atoms with Gasteiger partial charge >= 0.3 is 0 Å². The molecule has 96 valence electrons. The number of nitrogens with one attached hydrogen (secondary N) is 1. The Morgan fingerprint density at radius 3 is 2.79 bits per heavy atom. The zero-order valence-corrected chi connectivity index (χ0v) is 10.6. The second-order valence-electron chi connectivity index (χ2n) is 4.24. The van der Waals surface area contributed by atoms with Crippen LogP contribution in [0.5, 0.6) is 0 Å². The lowest BCUT2D eigenvalue weighted by atomic mass is 10.2. The van der Waals surface area contributed by atoms with Crippen molar-refractivity contribution in [3.8, 4) is 6.07 Å². The number of aromatic amines is 1. The Balaban J connectivity index is 2.48. The van der Waals surface area contributed by atoms with Crippen molar-refractivity contribution in [2.75, 3.05) is 0 Å². The maximum absolute atomic E-state index is 12.0. The van der Waals surface area contributed by atoms with Crippen LogP contribution in [0.15, 0.2) is 27.9 Å². The Morgan fingerprint density at radius 2 is 2.11 bits per heavy atom. The molecule has 1 N–H and O–H groups in total. The molecule has 0 radical (unpaired) electrons. The smallest absolute Gasteiger partial charge is 0.268 e. The molecule has 0 atom stereocenters. The topological polar surface area (TPSA) is 91.5 Å². The van der Waals surface area contributed by atoms with E-state index in [2.05, 4.69) is 10.1 Å². The Kier molecular flexibility index (Phi) is 3.29. The van der Waals surface area contributed by atoms with E-state index in [1.54, 1.807) is 26.0 Å². The fourth-order valence-electron chi connectivity index (χ4n) is 1.72. The largest absolute Gasteiger partial charge is 0.268 e. The summed E-state index contributed by atoms with van der Waals surface area (Å²) >= 11 is 0. The van der Waals surface area contributed by atoms with Gasteiger partial charge in [-0.25, -0.2) is 9.67 Å². The SMILES string of the molecule is Cc1c(C)c(=O)n(Cc2ccnc(C#N)c2)[nH]c1=O. The van der Waals surface area contributed by atoms with E-state index in [4.69, 9.17) is 5.26 Å². The van der Waals surface area contributed by atoms with Gasteiger partial charge in [0, 0.05) is 17.3 Å². The van der Waals surface area contributed by atoms with Gasteiger partial charge in [-0.2, -0.15) is 5.26 Å². The summed E-state index contributed by atoms with van der Waals surface area (Å²) in [5.41, 5.74) is 1.33. The van der Waals surface area contributed by atoms with Crippen molar-refractivity contribution >= 4 is 0 Å². The Labute approximate surface area is 109 Å². The summed E-state index contributed by atoms with van der Waals surface area (Å²) in [6, 6.07) is 5.21. The Hall–Kier alpha value is -2.68. The van der Waals surface area contributed by atoms with Crippen LogP contribution in [-0.4, -0.2) is 14.8 Å². The van der Waals surface area contributed by atoms with Gasteiger partial charge in [-0.1, -0.05) is 0 Å². The molecule has 0 aromatic carbocycles. The molecule has 2 heterocycles. The van der Waals surface area contributed by atoms with Gasteiger partial charge in [-0.15, -0.1) is 0 Å². The number of pyridine rings is 1. The second kappa shape index (κ2) is 4.90. The van der Waals surface area contributed by atoms with Crippen molar-refractivity contribution in [3.05, 3.63) is 61.4 Å². The number of rotatable bonds is 2. The van der Waals surface area contributed by atoms with Crippen molar-refractivity contribution in [1.29, 1.82) is 5.26 Å². The molecule has 0 saturated carbocycles. The Bertz CT molecular complexity index is 780. The maximum atomic E-state index is 12.0. The second-order valence-corrected chi connectivity index (χ2v) is 4.24. The van der Waals surface area contributed by atoms with Crippen LogP contribution in [0.4, 0.5) is 0 Å². The van der Waals surface area contributed by atoms with Gasteiger partial charge in [0.2, 0.25) is 0 Å². The monoisotopic (exact) mass is 256 g/mol. The highest BCUT2D eigenvalue weighted by atomic mass is 16.2. The van der Waals surface area contributed by atoms with Crippen LogP contribution in [0.1, 0.15) is 22.4 Å². The van der Waals surface area contributed by atoms with Gasteiger partial charge in [-0.05, 0) is 31.5 Å². The van der Waals surface area contributed by atoms with Crippen LogP contribution in [0, 0.1) is 25.2 Å². The first-order chi connectivity index (χ1) is 9.02. The summed E-state index contributed by atoms with van der Waals surface area (Å²) in [4.78, 5) is 27.5. The fourth-order valence-corrected chi connectivity index (χ4v) is 1.72. The summed E-state index contributed by atoms with van der Waals surface area (Å²) in [6.07, 6.45) is 1.50. The third-order valence-corrected chi connectivity index (χ3v) is 2.99. The minimum absolute atomic E-state index is 0.201. The minimum Gasteiger partial charge on any atom is -0.268 e. The lowest BCUT2D eigenvalue weighted by molar-refractivity contribution is 0.617. The molecule has 6 heteroatoms. The van der Waals surface area contributed by atoms with Crippen LogP contribution < -0.4 is 11.1 Å². The molecule has 6 nitrogen and oxygen atoms in total. The van der Waals surface area contributed by atoms with Crippen molar-refractivity contribution in [3.63, 3.8) is 0 Å². The highest BCUT2D eigenvalue weighted by Gasteiger charge is 2.07. The lowest BCUT2D eigenvalue weighted by Gasteiger charge is -2.08. The number of aromatic nitrogens is 3. The molecule has 0 aliphatic rings. The third kappa shape index (κ3) is 2.45. The summed E-state index contributed by atoms with van der Waals surface area (Å²) in [5.74, 6) is 0. The van der Waals surface area contributed by atoms with E-state index in [-0.39, 0.29) is 23.4 Å². The molecule has 2 aromatic rings. The molecular formula is C13H12N4O2. The van der Waals surface area contributed by atoms with Crippen LogP contribution in [0.25, 0.3) is 0 Å². The number of nitrogens with zero attached hydrogens (tertiary/aromatic N) is 3. The number of hydrogen-bond acceptors (Lipinski definition) is 4. The minimum atomic E-state index is -0.285. The predicted octanol–water partition coefficient (Wildman–Crippen LogP) is 0.468. The van der Waals surface area contributed by atoms with Gasteiger partial charge in [0.05, 0.1) is 6.54 Å². The molecule has 0 amide bonds. The van der Waals surface area contributed by atoms with Crippen LogP contribution in [0.3, 0.4) is 0 Å². The van der Waals surface area contributed by atoms with Crippen LogP contribution in [0.2, 0.25) is 0 Å². The lowest BCUT2D eigenvalue weighted by Crippen LogP contribution is -2.33. The van der Waals surface area contributed by atoms with E-state index in [9.17, 15) is 9.59 Å². The van der Waals surface area contributed by atoms with Crippen molar-refractivity contribution in [2.45, 2.75) is 20.4 Å². The molecule has 2 rings (SSSR count). The van der Waals surface area contributed by atoms with E-state index in [1.807, 2.05) is 6.07 Å². The Morgan fingerprint density at radius 1 is 1.37 bits per heavy atom. The quantitative estimate of drug-likeness (QED) is 0.845. The van der Waals surface area contributed by atoms with Gasteiger partial charge < -0.3 is 0 Å². The van der Waals surface area contributed by atoms with Gasteiger partial charge in [0.25, 0.3) is 11.1 Å². The van der Waals surface area contributed by atoms with Gasteiger partial charge in [0.15, 0.2) is 0 Å². The zero-order valence-electron chi connectivity index (χ0n) is 10.6. The summed E-state index contributed by atoms with van der Waals surface area (Å²) in [7, 11) is 0. The normalized spacial score (nSPS) is 10.2. The molecule has 0 fully saturated rings. The summed E-state index contributed by atoms with van der Waals surface area (Å²) < 4.78 is 1.24. The molecule has 2 aromatic heterocycles. The number of H-pyrrole nitrogens is 1. The summed E-state index contributed by atoms with van der Waals surface area (Å²) in [6.45, 7) is 3.43. The highest BCUT2D eigenvalue weighted by molar-refractivity contribution is 5.26. The standard InChI is InChI=1S/C13H12N4O2/c1-8-9(2)13(19)17(16-12(8)18)7-10-3-4-15-11(5-10)6-14/h3-5H,7H2,1-2H3,(H,16,18). The number of nitriles is 1. The molecule has 0 unspecified atom stereocenters. The molecule has 19 heavy (non-hydrogen) atoms. The van der Waals surface area contributed by atoms with Crippen molar-refractivity contribution < 1.29 is 0 Å². The van der Waals surface area contributed by atoms with Crippen LogP contribution >= 0.6 is 0 Å². The van der Waals surface area contributed by atoms with E-state index >= 15 is 0 Å².